The van der Waals surface area contributed by atoms with Gasteiger partial charge >= 0.3 is 0 Å². The summed E-state index contributed by atoms with van der Waals surface area (Å²) < 4.78 is 0. The van der Waals surface area contributed by atoms with E-state index in [1.165, 1.54) is 0 Å². The predicted molar refractivity (Wildman–Crippen MR) is 89.4 cm³/mol. The van der Waals surface area contributed by atoms with Crippen LogP contribution in [0.25, 0.3) is 0 Å². The first-order chi connectivity index (χ1) is 9.88. The average Bonchev–Trinajstić information content (AvgIpc) is 2.44. The van der Waals surface area contributed by atoms with Gasteiger partial charge in [0.05, 0.1) is 0 Å². The average molecular weight is 324 g/mol. The van der Waals surface area contributed by atoms with Gasteiger partial charge in [0.1, 0.15) is 16.8 Å². The Labute approximate surface area is 135 Å². The fraction of sp³-hybridized carbons (Fsp3) is 0.375. The predicted octanol–water partition coefficient (Wildman–Crippen LogP) is 5.39. The van der Waals surface area contributed by atoms with Gasteiger partial charge in [-0.1, -0.05) is 49.2 Å². The third-order valence-electron chi connectivity index (χ3n) is 3.34. The van der Waals surface area contributed by atoms with E-state index in [-0.39, 0.29) is 12.0 Å². The van der Waals surface area contributed by atoms with Crippen LogP contribution in [0, 0.1) is 6.92 Å². The van der Waals surface area contributed by atoms with Gasteiger partial charge in [-0.3, -0.25) is 0 Å². The number of halogens is 2. The van der Waals surface area contributed by atoms with Crippen molar-refractivity contribution in [2.45, 2.75) is 39.7 Å². The smallest absolute Gasteiger partial charge is 0.137 e. The molecule has 21 heavy (non-hydrogen) atoms. The summed E-state index contributed by atoms with van der Waals surface area (Å²) in [7, 11) is 0. The monoisotopic (exact) mass is 323 g/mol. The van der Waals surface area contributed by atoms with Crippen molar-refractivity contribution in [1.29, 1.82) is 0 Å². The summed E-state index contributed by atoms with van der Waals surface area (Å²) in [6.45, 7) is 8.10. The number of anilines is 1. The number of nitrogens with zero attached hydrogens (tertiary/aromatic N) is 2. The molecule has 0 bridgehead atoms. The lowest BCUT2D eigenvalue weighted by molar-refractivity contribution is 0.765. The van der Waals surface area contributed by atoms with E-state index >= 15 is 0 Å². The highest BCUT2D eigenvalue weighted by molar-refractivity contribution is 6.30. The van der Waals surface area contributed by atoms with Gasteiger partial charge in [-0.25, -0.2) is 9.97 Å². The van der Waals surface area contributed by atoms with E-state index in [2.05, 4.69) is 22.2 Å². The van der Waals surface area contributed by atoms with Crippen molar-refractivity contribution in [3.63, 3.8) is 0 Å². The zero-order valence-corrected chi connectivity index (χ0v) is 14.1. The van der Waals surface area contributed by atoms with Crippen molar-refractivity contribution in [1.82, 2.24) is 9.97 Å². The zero-order chi connectivity index (χ0) is 15.6. The maximum absolute atomic E-state index is 6.20. The molecule has 0 aliphatic rings. The second kappa shape index (κ2) is 6.63. The molecule has 1 atom stereocenters. The van der Waals surface area contributed by atoms with E-state index in [1.54, 1.807) is 0 Å². The van der Waals surface area contributed by atoms with Crippen molar-refractivity contribution in [2.24, 2.45) is 0 Å². The van der Waals surface area contributed by atoms with Gasteiger partial charge in [-0.2, -0.15) is 0 Å². The number of nitrogens with one attached hydrogen (secondary N) is 1. The molecule has 112 valence electrons. The Morgan fingerprint density at radius 3 is 2.19 bits per heavy atom. The Morgan fingerprint density at radius 2 is 1.62 bits per heavy atom. The third kappa shape index (κ3) is 3.86. The minimum atomic E-state index is 0.104. The van der Waals surface area contributed by atoms with E-state index in [0.717, 1.165) is 27.8 Å². The molecule has 0 saturated heterocycles. The lowest BCUT2D eigenvalue weighted by atomic mass is 10.1. The minimum Gasteiger partial charge on any atom is -0.363 e. The molecule has 1 aromatic heterocycles. The fourth-order valence-electron chi connectivity index (χ4n) is 1.94. The topological polar surface area (TPSA) is 37.8 Å². The molecular weight excluding hydrogens is 305 g/mol. The summed E-state index contributed by atoms with van der Waals surface area (Å²) in [5.41, 5.74) is 2.00. The lowest BCUT2D eigenvalue weighted by Gasteiger charge is -2.18. The van der Waals surface area contributed by atoms with Crippen molar-refractivity contribution in [3.05, 3.63) is 51.4 Å². The second-order valence-electron chi connectivity index (χ2n) is 5.42. The van der Waals surface area contributed by atoms with E-state index in [9.17, 15) is 0 Å². The van der Waals surface area contributed by atoms with Crippen molar-refractivity contribution in [2.75, 3.05) is 5.32 Å². The Kier molecular flexibility index (Phi) is 5.07. The summed E-state index contributed by atoms with van der Waals surface area (Å²) in [5.74, 6) is 1.76. The molecule has 0 aliphatic heterocycles. The summed E-state index contributed by atoms with van der Waals surface area (Å²) in [5, 5.41) is 4.63. The molecule has 0 saturated carbocycles. The van der Waals surface area contributed by atoms with Crippen LogP contribution in [0.2, 0.25) is 10.2 Å². The molecule has 2 rings (SSSR count). The van der Waals surface area contributed by atoms with Crippen LogP contribution in [0.5, 0.6) is 0 Å². The lowest BCUT2D eigenvalue weighted by Crippen LogP contribution is -2.12. The molecule has 1 heterocycles. The van der Waals surface area contributed by atoms with Crippen molar-refractivity contribution in [3.8, 4) is 0 Å². The van der Waals surface area contributed by atoms with E-state index in [4.69, 9.17) is 23.2 Å². The Hall–Kier alpha value is -1.32. The van der Waals surface area contributed by atoms with Gasteiger partial charge in [-0.15, -0.1) is 0 Å². The van der Waals surface area contributed by atoms with Crippen LogP contribution in [0.15, 0.2) is 24.3 Å². The molecule has 5 heteroatoms. The summed E-state index contributed by atoms with van der Waals surface area (Å²) in [6, 6.07) is 7.87. The van der Waals surface area contributed by atoms with Crippen LogP contribution in [-0.2, 0) is 0 Å². The largest absolute Gasteiger partial charge is 0.363 e. The molecule has 0 amide bonds. The van der Waals surface area contributed by atoms with Crippen LogP contribution in [-0.4, -0.2) is 9.97 Å². The number of rotatable bonds is 4. The Balaban J connectivity index is 2.28. The van der Waals surface area contributed by atoms with Gasteiger partial charge in [0.25, 0.3) is 0 Å². The third-order valence-corrected chi connectivity index (χ3v) is 3.96. The molecule has 1 aromatic carbocycles. The van der Waals surface area contributed by atoms with Crippen molar-refractivity contribution < 1.29 is 0 Å². The number of benzene rings is 1. The number of hydrogen-bond acceptors (Lipinski definition) is 3. The zero-order valence-electron chi connectivity index (χ0n) is 12.6. The molecular formula is C16H19Cl2N3. The van der Waals surface area contributed by atoms with E-state index < -0.39 is 0 Å². The molecule has 2 aromatic rings. The van der Waals surface area contributed by atoms with Gasteiger partial charge in [-0.05, 0) is 31.5 Å². The maximum Gasteiger partial charge on any atom is 0.137 e. The first-order valence-electron chi connectivity index (χ1n) is 6.94. The van der Waals surface area contributed by atoms with Crippen LogP contribution >= 0.6 is 23.2 Å². The van der Waals surface area contributed by atoms with Crippen molar-refractivity contribution >= 4 is 29.0 Å². The quantitative estimate of drug-likeness (QED) is 0.766. The standard InChI is InChI=1S/C16H19Cl2N3/c1-9(2)15-20-14(18)10(3)16(21-15)19-11(4)12-5-7-13(17)8-6-12/h5-9,11H,1-4H3,(H,19,20,21). The Bertz CT molecular complexity index is 624. The Morgan fingerprint density at radius 1 is 1.00 bits per heavy atom. The molecule has 0 radical (unpaired) electrons. The first kappa shape index (κ1) is 16.1. The summed E-state index contributed by atoms with van der Waals surface area (Å²) in [4.78, 5) is 8.90. The van der Waals surface area contributed by atoms with E-state index in [1.807, 2.05) is 45.0 Å². The highest BCUT2D eigenvalue weighted by Gasteiger charge is 2.14. The molecule has 1 unspecified atom stereocenters. The molecule has 3 nitrogen and oxygen atoms in total. The fourth-order valence-corrected chi connectivity index (χ4v) is 2.25. The van der Waals surface area contributed by atoms with Crippen LogP contribution in [0.1, 0.15) is 49.7 Å². The molecule has 1 N–H and O–H groups in total. The first-order valence-corrected chi connectivity index (χ1v) is 7.70. The minimum absolute atomic E-state index is 0.104. The van der Waals surface area contributed by atoms with Gasteiger partial charge in [0, 0.05) is 22.5 Å². The van der Waals surface area contributed by atoms with Gasteiger partial charge < -0.3 is 5.32 Å². The van der Waals surface area contributed by atoms with Gasteiger partial charge in [0.2, 0.25) is 0 Å². The van der Waals surface area contributed by atoms with Gasteiger partial charge in [0.15, 0.2) is 0 Å². The second-order valence-corrected chi connectivity index (χ2v) is 6.21. The number of hydrogen-bond donors (Lipinski definition) is 1. The summed E-state index contributed by atoms with van der Waals surface area (Å²) >= 11 is 12.1. The molecule has 0 spiro atoms. The van der Waals surface area contributed by atoms with E-state index in [0.29, 0.717) is 5.15 Å². The molecule has 0 aliphatic carbocycles. The highest BCUT2D eigenvalue weighted by atomic mass is 35.5. The highest BCUT2D eigenvalue weighted by Crippen LogP contribution is 2.26. The SMILES string of the molecule is Cc1c(Cl)nc(C(C)C)nc1NC(C)c1ccc(Cl)cc1. The van der Waals surface area contributed by atoms with Crippen LogP contribution < -0.4 is 5.32 Å². The normalized spacial score (nSPS) is 12.5. The maximum atomic E-state index is 6.20. The van der Waals surface area contributed by atoms with Crippen LogP contribution in [0.3, 0.4) is 0 Å². The van der Waals surface area contributed by atoms with Crippen LogP contribution in [0.4, 0.5) is 5.82 Å². The number of aromatic nitrogens is 2. The summed E-state index contributed by atoms with van der Waals surface area (Å²) in [6.07, 6.45) is 0. The molecule has 0 fully saturated rings.